The van der Waals surface area contributed by atoms with Gasteiger partial charge in [-0.1, -0.05) is 18.2 Å². The number of thiophene rings is 1. The van der Waals surface area contributed by atoms with Crippen molar-refractivity contribution in [2.75, 3.05) is 18.4 Å². The van der Waals surface area contributed by atoms with Crippen LogP contribution in [-0.4, -0.2) is 34.9 Å². The zero-order valence-corrected chi connectivity index (χ0v) is 16.7. The minimum Gasteiger partial charge on any atom is -0.508 e. The van der Waals surface area contributed by atoms with E-state index < -0.39 is 0 Å². The molecule has 29 heavy (non-hydrogen) atoms. The number of amides is 2. The zero-order valence-electron chi connectivity index (χ0n) is 15.9. The van der Waals surface area contributed by atoms with Crippen LogP contribution in [0.3, 0.4) is 0 Å². The number of anilines is 1. The number of carbonyl (C=O) groups excluding carboxylic acids is 2. The molecule has 6 heteroatoms. The number of phenolic OH excluding ortho intramolecular Hbond substituents is 1. The molecular weight excluding hydrogens is 384 g/mol. The Labute approximate surface area is 173 Å². The number of likely N-dealkylation sites (tertiary alicyclic amines) is 1. The van der Waals surface area contributed by atoms with Crippen molar-refractivity contribution >= 4 is 28.8 Å². The first-order chi connectivity index (χ1) is 14.1. The summed E-state index contributed by atoms with van der Waals surface area (Å²) in [6, 6.07) is 18.0. The van der Waals surface area contributed by atoms with Crippen LogP contribution in [-0.2, 0) is 0 Å². The van der Waals surface area contributed by atoms with Crippen LogP contribution in [0.15, 0.2) is 66.0 Å². The van der Waals surface area contributed by atoms with Gasteiger partial charge in [-0.05, 0) is 72.2 Å². The summed E-state index contributed by atoms with van der Waals surface area (Å²) >= 11 is 1.39. The molecule has 2 aromatic carbocycles. The molecule has 0 radical (unpaired) electrons. The van der Waals surface area contributed by atoms with Crippen molar-refractivity contribution in [1.29, 1.82) is 0 Å². The highest BCUT2D eigenvalue weighted by Gasteiger charge is 2.24. The van der Waals surface area contributed by atoms with Gasteiger partial charge in [-0.15, -0.1) is 11.3 Å². The average Bonchev–Trinajstić information content (AvgIpc) is 3.30. The van der Waals surface area contributed by atoms with Gasteiger partial charge >= 0.3 is 0 Å². The van der Waals surface area contributed by atoms with E-state index in [9.17, 15) is 14.7 Å². The molecule has 2 N–H and O–H groups in total. The molecule has 1 aliphatic heterocycles. The van der Waals surface area contributed by atoms with Crippen LogP contribution < -0.4 is 5.32 Å². The van der Waals surface area contributed by atoms with Gasteiger partial charge in [-0.25, -0.2) is 0 Å². The van der Waals surface area contributed by atoms with Crippen molar-refractivity contribution in [3.63, 3.8) is 0 Å². The highest BCUT2D eigenvalue weighted by molar-refractivity contribution is 7.12. The zero-order chi connectivity index (χ0) is 20.2. The lowest BCUT2D eigenvalue weighted by atomic mass is 9.89. The smallest absolute Gasteiger partial charge is 0.265 e. The fourth-order valence-electron chi connectivity index (χ4n) is 3.64. The van der Waals surface area contributed by atoms with Crippen molar-refractivity contribution in [1.82, 2.24) is 4.90 Å². The van der Waals surface area contributed by atoms with Crippen molar-refractivity contribution in [3.05, 3.63) is 82.0 Å². The van der Waals surface area contributed by atoms with E-state index >= 15 is 0 Å². The molecule has 1 fully saturated rings. The van der Waals surface area contributed by atoms with Gasteiger partial charge in [0.2, 0.25) is 0 Å². The number of aromatic hydroxyl groups is 1. The Morgan fingerprint density at radius 2 is 1.66 bits per heavy atom. The maximum Gasteiger partial charge on any atom is 0.265 e. The SMILES string of the molecule is O=C(Nc1ccc(C(=O)N2CCC(c3ccc(O)cc3)CC2)cc1)c1cccs1. The van der Waals surface area contributed by atoms with Crippen molar-refractivity contribution in [2.24, 2.45) is 0 Å². The molecule has 0 unspecified atom stereocenters. The number of hydrogen-bond donors (Lipinski definition) is 2. The van der Waals surface area contributed by atoms with E-state index in [1.807, 2.05) is 28.5 Å². The highest BCUT2D eigenvalue weighted by atomic mass is 32.1. The first kappa shape index (κ1) is 19.2. The van der Waals surface area contributed by atoms with Gasteiger partial charge in [-0.3, -0.25) is 9.59 Å². The third kappa shape index (κ3) is 4.49. The van der Waals surface area contributed by atoms with Crippen LogP contribution in [0.2, 0.25) is 0 Å². The second-order valence-electron chi connectivity index (χ2n) is 7.17. The van der Waals surface area contributed by atoms with Crippen LogP contribution in [0.1, 0.15) is 44.4 Å². The fourth-order valence-corrected chi connectivity index (χ4v) is 4.26. The number of carbonyl (C=O) groups is 2. The molecule has 1 aromatic heterocycles. The van der Waals surface area contributed by atoms with Gasteiger partial charge in [0.1, 0.15) is 5.75 Å². The minimum absolute atomic E-state index is 0.0188. The Kier molecular flexibility index (Phi) is 5.62. The van der Waals surface area contributed by atoms with E-state index in [-0.39, 0.29) is 17.6 Å². The molecule has 2 heterocycles. The lowest BCUT2D eigenvalue weighted by Crippen LogP contribution is -2.37. The number of phenols is 1. The molecule has 0 saturated carbocycles. The van der Waals surface area contributed by atoms with E-state index in [0.717, 1.165) is 12.8 Å². The molecule has 0 spiro atoms. The van der Waals surface area contributed by atoms with Crippen LogP contribution >= 0.6 is 11.3 Å². The topological polar surface area (TPSA) is 69.6 Å². The van der Waals surface area contributed by atoms with E-state index in [4.69, 9.17) is 0 Å². The van der Waals surface area contributed by atoms with Crippen molar-refractivity contribution < 1.29 is 14.7 Å². The van der Waals surface area contributed by atoms with E-state index in [1.165, 1.54) is 16.9 Å². The van der Waals surface area contributed by atoms with Gasteiger partial charge in [0.25, 0.3) is 11.8 Å². The molecule has 0 aliphatic carbocycles. The molecule has 5 nitrogen and oxygen atoms in total. The van der Waals surface area contributed by atoms with Crippen molar-refractivity contribution in [3.8, 4) is 5.75 Å². The summed E-state index contributed by atoms with van der Waals surface area (Å²) in [5.41, 5.74) is 2.51. The maximum atomic E-state index is 12.8. The second-order valence-corrected chi connectivity index (χ2v) is 8.11. The molecule has 1 aliphatic rings. The molecule has 0 bridgehead atoms. The van der Waals surface area contributed by atoms with Crippen LogP contribution in [0.25, 0.3) is 0 Å². The summed E-state index contributed by atoms with van der Waals surface area (Å²) in [5.74, 6) is 0.562. The first-order valence-corrected chi connectivity index (χ1v) is 10.5. The molecular formula is C23H22N2O3S. The van der Waals surface area contributed by atoms with Gasteiger partial charge < -0.3 is 15.3 Å². The summed E-state index contributed by atoms with van der Waals surface area (Å²) in [5, 5.41) is 14.1. The third-order valence-electron chi connectivity index (χ3n) is 5.28. The van der Waals surface area contributed by atoms with Crippen LogP contribution in [0.4, 0.5) is 5.69 Å². The summed E-state index contributed by atoms with van der Waals surface area (Å²) in [7, 11) is 0. The standard InChI is InChI=1S/C23H22N2O3S/c26-20-9-5-16(6-10-20)17-11-13-25(14-12-17)23(28)18-3-7-19(8-4-18)24-22(27)21-2-1-15-29-21/h1-10,15,17,26H,11-14H2,(H,24,27). The first-order valence-electron chi connectivity index (χ1n) is 9.63. The normalized spacial score (nSPS) is 14.6. The molecule has 2 amide bonds. The average molecular weight is 407 g/mol. The predicted molar refractivity (Wildman–Crippen MR) is 115 cm³/mol. The third-order valence-corrected chi connectivity index (χ3v) is 6.15. The van der Waals surface area contributed by atoms with Gasteiger partial charge in [-0.2, -0.15) is 0 Å². The van der Waals surface area contributed by atoms with E-state index in [0.29, 0.717) is 35.1 Å². The molecule has 4 rings (SSSR count). The summed E-state index contributed by atoms with van der Waals surface area (Å²) in [6.07, 6.45) is 1.82. The summed E-state index contributed by atoms with van der Waals surface area (Å²) < 4.78 is 0. The Morgan fingerprint density at radius 3 is 2.28 bits per heavy atom. The molecule has 3 aromatic rings. The fraction of sp³-hybridized carbons (Fsp3) is 0.217. The quantitative estimate of drug-likeness (QED) is 0.658. The van der Waals surface area contributed by atoms with Gasteiger partial charge in [0, 0.05) is 24.3 Å². The summed E-state index contributed by atoms with van der Waals surface area (Å²) in [4.78, 5) is 27.5. The lowest BCUT2D eigenvalue weighted by Gasteiger charge is -2.32. The summed E-state index contributed by atoms with van der Waals surface area (Å²) in [6.45, 7) is 1.42. The largest absolute Gasteiger partial charge is 0.508 e. The Hall–Kier alpha value is -3.12. The Balaban J connectivity index is 1.34. The molecule has 0 atom stereocenters. The molecule has 148 valence electrons. The maximum absolute atomic E-state index is 12.8. The highest BCUT2D eigenvalue weighted by Crippen LogP contribution is 2.29. The lowest BCUT2D eigenvalue weighted by molar-refractivity contribution is 0.0713. The number of benzene rings is 2. The number of hydrogen-bond acceptors (Lipinski definition) is 4. The Morgan fingerprint density at radius 1 is 0.966 bits per heavy atom. The minimum atomic E-state index is -0.143. The Bertz CT molecular complexity index is 974. The van der Waals surface area contributed by atoms with E-state index in [2.05, 4.69) is 5.32 Å². The van der Waals surface area contributed by atoms with Crippen LogP contribution in [0.5, 0.6) is 5.75 Å². The van der Waals surface area contributed by atoms with Crippen LogP contribution in [0, 0.1) is 0 Å². The van der Waals surface area contributed by atoms with Gasteiger partial charge in [0.05, 0.1) is 4.88 Å². The van der Waals surface area contributed by atoms with E-state index in [1.54, 1.807) is 42.5 Å². The number of nitrogens with zero attached hydrogens (tertiary/aromatic N) is 1. The monoisotopic (exact) mass is 406 g/mol. The number of piperidine rings is 1. The predicted octanol–water partition coefficient (Wildman–Crippen LogP) is 4.73. The van der Waals surface area contributed by atoms with Crippen molar-refractivity contribution in [2.45, 2.75) is 18.8 Å². The number of rotatable bonds is 4. The van der Waals surface area contributed by atoms with Gasteiger partial charge in [0.15, 0.2) is 0 Å². The number of nitrogens with one attached hydrogen (secondary N) is 1. The second kappa shape index (κ2) is 8.49. The molecule has 1 saturated heterocycles.